The van der Waals surface area contributed by atoms with Gasteiger partial charge in [0.25, 0.3) is 0 Å². The molecule has 5 rings (SSSR count). The highest BCUT2D eigenvalue weighted by Gasteiger charge is 2.65. The molecule has 1 aliphatic heterocycles. The Morgan fingerprint density at radius 3 is 2.40 bits per heavy atom. The smallest absolute Gasteiger partial charge is 0.410 e. The van der Waals surface area contributed by atoms with E-state index in [1.165, 1.54) is 0 Å². The largest absolute Gasteiger partial charge is 0.459 e. The molecule has 0 saturated heterocycles. The van der Waals surface area contributed by atoms with Crippen molar-refractivity contribution in [1.29, 1.82) is 0 Å². The summed E-state index contributed by atoms with van der Waals surface area (Å²) < 4.78 is 26.5. The number of oxime groups is 1. The number of aliphatic hydroxyl groups is 2. The third-order valence-corrected chi connectivity index (χ3v) is 11.5. The third kappa shape index (κ3) is 9.90. The molecule has 3 aliphatic rings. The summed E-state index contributed by atoms with van der Waals surface area (Å²) in [6, 6.07) is 13.4. The van der Waals surface area contributed by atoms with Gasteiger partial charge in [-0.2, -0.15) is 0 Å². The Bertz CT molecular complexity index is 1640. The summed E-state index contributed by atoms with van der Waals surface area (Å²) in [6.45, 7) is 14.9. The second kappa shape index (κ2) is 19.6. The highest BCUT2D eigenvalue weighted by Crippen LogP contribution is 2.62. The van der Waals surface area contributed by atoms with Crippen LogP contribution in [0.15, 0.2) is 76.8 Å². The Labute approximate surface area is 332 Å². The summed E-state index contributed by atoms with van der Waals surface area (Å²) in [4.78, 5) is 23.1. The van der Waals surface area contributed by atoms with Crippen molar-refractivity contribution in [2.45, 2.75) is 114 Å². The lowest BCUT2D eigenvalue weighted by molar-refractivity contribution is -0.255. The first-order valence-corrected chi connectivity index (χ1v) is 21.3. The van der Waals surface area contributed by atoms with Crippen molar-refractivity contribution >= 4 is 23.6 Å². The number of benzene rings is 2. The Morgan fingerprint density at radius 1 is 1.05 bits per heavy atom. The number of fused-ring (bicyclic) bond motifs is 2. The van der Waals surface area contributed by atoms with Gasteiger partial charge < -0.3 is 34.0 Å². The second-order valence-corrected chi connectivity index (χ2v) is 16.5. The number of amides is 1. The molecule has 10 nitrogen and oxygen atoms in total. The van der Waals surface area contributed by atoms with Crippen LogP contribution in [0.1, 0.15) is 97.5 Å². The van der Waals surface area contributed by atoms with Crippen molar-refractivity contribution < 1.29 is 38.8 Å². The molecule has 0 radical (unpaired) electrons. The number of nitrogens with zero attached hydrogens (tertiary/aromatic N) is 2. The molecule has 2 aromatic carbocycles. The van der Waals surface area contributed by atoms with Crippen LogP contribution in [-0.4, -0.2) is 83.6 Å². The zero-order chi connectivity index (χ0) is 39.6. The van der Waals surface area contributed by atoms with Crippen LogP contribution in [0, 0.1) is 17.8 Å². The predicted octanol–water partition coefficient (Wildman–Crippen LogP) is 9.50. The average Bonchev–Trinajstić information content (AvgIpc) is 3.17. The number of allylic oxidation sites excluding steroid dienone is 1. The van der Waals surface area contributed by atoms with Gasteiger partial charge in [-0.05, 0) is 126 Å². The standard InChI is InChI=1S/C44H62N2O8S/c1-8-23-46(42(49)50-10-3)39-29-37(45-54-43(4,5)6)35-27-30(15-11-13-24-47)34(16-12-14-25-48)40-36-28-32(52-31-17-20-33(55-7)21-18-31)19-22-38(36)53-44(39,41(35)40)51-26-9-2/h9,17-22,27-28,30,34,39-41,47-48H,2,8,10-16,23-26,29H2,1,3-7H3. The van der Waals surface area contributed by atoms with Crippen molar-refractivity contribution in [1.82, 2.24) is 4.90 Å². The molecule has 0 aromatic heterocycles. The molecule has 2 aliphatic carbocycles. The van der Waals surface area contributed by atoms with Crippen molar-refractivity contribution in [2.24, 2.45) is 22.9 Å². The van der Waals surface area contributed by atoms with Crippen LogP contribution in [0.3, 0.4) is 0 Å². The van der Waals surface area contributed by atoms with Crippen LogP contribution in [0.5, 0.6) is 17.2 Å². The summed E-state index contributed by atoms with van der Waals surface area (Å²) >= 11 is 1.68. The van der Waals surface area contributed by atoms with Crippen molar-refractivity contribution in [3.8, 4) is 17.2 Å². The SMILES string of the molecule is C=CCOC12Oc3ccc(Oc4ccc(SC)cc4)cc3C3C(CCCCO)C(CCCCO)C=C(C(=NOC(C)(C)C)CC1N(CCC)C(=O)OCC)C32. The Balaban J connectivity index is 1.78. The normalized spacial score (nSPS) is 24.9. The van der Waals surface area contributed by atoms with E-state index in [1.807, 2.05) is 71.0 Å². The van der Waals surface area contributed by atoms with Gasteiger partial charge >= 0.3 is 6.09 Å². The Kier molecular flexibility index (Phi) is 15.2. The molecule has 0 bridgehead atoms. The maximum absolute atomic E-state index is 14.0. The first kappa shape index (κ1) is 42.6. The molecular formula is C44H62N2O8S. The molecule has 1 saturated carbocycles. The summed E-state index contributed by atoms with van der Waals surface area (Å²) in [5.74, 6) is 0.450. The summed E-state index contributed by atoms with van der Waals surface area (Å²) in [6.07, 6.45) is 11.5. The third-order valence-electron chi connectivity index (χ3n) is 10.7. The van der Waals surface area contributed by atoms with E-state index in [0.29, 0.717) is 43.7 Å². The quantitative estimate of drug-likeness (QED) is 0.0622. The van der Waals surface area contributed by atoms with E-state index in [9.17, 15) is 15.0 Å². The molecule has 302 valence electrons. The number of carbonyl (C=O) groups is 1. The zero-order valence-electron chi connectivity index (χ0n) is 33.6. The maximum atomic E-state index is 14.0. The maximum Gasteiger partial charge on any atom is 0.410 e. The minimum Gasteiger partial charge on any atom is -0.459 e. The fraction of sp³-hybridized carbons (Fsp3) is 0.591. The van der Waals surface area contributed by atoms with Crippen LogP contribution >= 0.6 is 11.8 Å². The van der Waals surface area contributed by atoms with Gasteiger partial charge in [0, 0.05) is 42.6 Å². The molecule has 1 fully saturated rings. The zero-order valence-corrected chi connectivity index (χ0v) is 34.4. The molecule has 55 heavy (non-hydrogen) atoms. The van der Waals surface area contributed by atoms with Gasteiger partial charge in [0.2, 0.25) is 5.79 Å². The number of carbonyl (C=O) groups excluding carboxylic acids is 1. The lowest BCUT2D eigenvalue weighted by Gasteiger charge is -2.60. The molecular weight excluding hydrogens is 717 g/mol. The molecule has 6 unspecified atom stereocenters. The van der Waals surface area contributed by atoms with E-state index in [2.05, 4.69) is 25.0 Å². The van der Waals surface area contributed by atoms with Crippen LogP contribution in [0.2, 0.25) is 0 Å². The molecule has 1 amide bonds. The molecule has 11 heteroatoms. The van der Waals surface area contributed by atoms with Gasteiger partial charge in [0.15, 0.2) is 0 Å². The number of aliphatic hydroxyl groups excluding tert-OH is 2. The first-order valence-electron chi connectivity index (χ1n) is 20.1. The number of ether oxygens (including phenoxy) is 4. The first-order chi connectivity index (χ1) is 26.5. The number of hydrogen-bond acceptors (Lipinski definition) is 10. The van der Waals surface area contributed by atoms with E-state index in [-0.39, 0.29) is 44.2 Å². The van der Waals surface area contributed by atoms with Gasteiger partial charge in [0.1, 0.15) is 28.9 Å². The number of thioether (sulfide) groups is 1. The van der Waals surface area contributed by atoms with E-state index in [4.69, 9.17) is 28.9 Å². The lowest BCUT2D eigenvalue weighted by atomic mass is 9.55. The lowest BCUT2D eigenvalue weighted by Crippen LogP contribution is -2.70. The Morgan fingerprint density at radius 2 is 1.76 bits per heavy atom. The fourth-order valence-corrected chi connectivity index (χ4v) is 8.91. The highest BCUT2D eigenvalue weighted by atomic mass is 32.2. The van der Waals surface area contributed by atoms with Crippen molar-refractivity contribution in [3.05, 3.63) is 72.3 Å². The second-order valence-electron chi connectivity index (χ2n) is 15.6. The monoisotopic (exact) mass is 778 g/mol. The van der Waals surface area contributed by atoms with Crippen LogP contribution in [0.4, 0.5) is 4.79 Å². The van der Waals surface area contributed by atoms with Gasteiger partial charge in [0.05, 0.1) is 24.8 Å². The van der Waals surface area contributed by atoms with E-state index in [1.54, 1.807) is 22.7 Å². The number of hydrogen-bond donors (Lipinski definition) is 2. The van der Waals surface area contributed by atoms with E-state index < -0.39 is 29.4 Å². The van der Waals surface area contributed by atoms with Crippen LogP contribution < -0.4 is 9.47 Å². The average molecular weight is 779 g/mol. The van der Waals surface area contributed by atoms with Gasteiger partial charge in [-0.25, -0.2) is 4.79 Å². The predicted molar refractivity (Wildman–Crippen MR) is 218 cm³/mol. The Hall–Kier alpha value is -3.51. The summed E-state index contributed by atoms with van der Waals surface area (Å²) in [5.41, 5.74) is 2.19. The van der Waals surface area contributed by atoms with Gasteiger partial charge in [-0.15, -0.1) is 18.3 Å². The molecule has 0 spiro atoms. The summed E-state index contributed by atoms with van der Waals surface area (Å²) in [5, 5.41) is 24.6. The molecule has 2 aromatic rings. The number of unbranched alkanes of at least 4 members (excludes halogenated alkanes) is 2. The fourth-order valence-electron chi connectivity index (χ4n) is 8.51. The highest BCUT2D eigenvalue weighted by molar-refractivity contribution is 7.98. The van der Waals surface area contributed by atoms with Crippen LogP contribution in [0.25, 0.3) is 0 Å². The van der Waals surface area contributed by atoms with E-state index in [0.717, 1.165) is 53.2 Å². The number of rotatable bonds is 19. The molecule has 1 heterocycles. The minimum atomic E-state index is -1.33. The minimum absolute atomic E-state index is 0.107. The molecule has 2 N–H and O–H groups in total. The molecule has 6 atom stereocenters. The summed E-state index contributed by atoms with van der Waals surface area (Å²) in [7, 11) is 0. The topological polar surface area (TPSA) is 119 Å². The van der Waals surface area contributed by atoms with Crippen LogP contribution in [-0.2, 0) is 14.3 Å². The van der Waals surface area contributed by atoms with Gasteiger partial charge in [-0.1, -0.05) is 37.1 Å². The van der Waals surface area contributed by atoms with Gasteiger partial charge in [-0.3, -0.25) is 4.90 Å². The van der Waals surface area contributed by atoms with Crippen molar-refractivity contribution in [2.75, 3.05) is 39.2 Å². The van der Waals surface area contributed by atoms with E-state index >= 15 is 0 Å². The van der Waals surface area contributed by atoms with Crippen molar-refractivity contribution in [3.63, 3.8) is 0 Å².